The van der Waals surface area contributed by atoms with E-state index in [2.05, 4.69) is 6.92 Å². The van der Waals surface area contributed by atoms with Crippen LogP contribution < -0.4 is 0 Å². The predicted molar refractivity (Wildman–Crippen MR) is 169 cm³/mol. The van der Waals surface area contributed by atoms with Crippen LogP contribution in [0.15, 0.2) is 121 Å². The fourth-order valence-electron chi connectivity index (χ4n) is 4.99. The first-order chi connectivity index (χ1) is 21.2. The van der Waals surface area contributed by atoms with Crippen LogP contribution in [0.3, 0.4) is 0 Å². The summed E-state index contributed by atoms with van der Waals surface area (Å²) in [6.07, 6.45) is -2.35. The van der Waals surface area contributed by atoms with E-state index in [4.69, 9.17) is 23.7 Å². The van der Waals surface area contributed by atoms with Gasteiger partial charge < -0.3 is 23.7 Å². The highest BCUT2D eigenvalue weighted by atomic mass is 32.2. The number of rotatable bonds is 14. The lowest BCUT2D eigenvalue weighted by Crippen LogP contribution is -2.60. The lowest BCUT2D eigenvalue weighted by atomic mass is 9.98. The second kappa shape index (κ2) is 16.4. The molecule has 0 unspecified atom stereocenters. The first kappa shape index (κ1) is 31.0. The van der Waals surface area contributed by atoms with Crippen LogP contribution in [0.2, 0.25) is 0 Å². The van der Waals surface area contributed by atoms with E-state index in [0.29, 0.717) is 32.0 Å². The van der Waals surface area contributed by atoms with Crippen LogP contribution in [0, 0.1) is 0 Å². The van der Waals surface area contributed by atoms with Crippen LogP contribution in [0.25, 0.3) is 0 Å². The molecule has 0 radical (unpaired) electrons. The minimum atomic E-state index is -0.715. The first-order valence-electron chi connectivity index (χ1n) is 14.7. The second-order valence-corrected chi connectivity index (χ2v) is 11.6. The summed E-state index contributed by atoms with van der Waals surface area (Å²) < 4.78 is 32.3. The maximum absolute atomic E-state index is 13.4. The molecule has 5 rings (SSSR count). The summed E-state index contributed by atoms with van der Waals surface area (Å²) in [5.74, 6) is 0.340. The van der Waals surface area contributed by atoms with E-state index in [-0.39, 0.29) is 0 Å². The molecule has 224 valence electrons. The molecule has 6 nitrogen and oxygen atoms in total. The average Bonchev–Trinajstić information content (AvgIpc) is 3.06. The SMILES string of the molecule is CCS[C@@H]1O[C@H](COCc2ccccc2)[C@@H](OCc2ccccc2)[C@H](OCc2ccccc2)[C@H]1OC(=O)c1ccccc1. The van der Waals surface area contributed by atoms with Gasteiger partial charge in [0.05, 0.1) is 32.0 Å². The van der Waals surface area contributed by atoms with Crippen molar-refractivity contribution >= 4 is 17.7 Å². The third-order valence-electron chi connectivity index (χ3n) is 7.14. The zero-order chi connectivity index (χ0) is 29.7. The van der Waals surface area contributed by atoms with Crippen molar-refractivity contribution in [2.45, 2.75) is 56.6 Å². The number of thioether (sulfide) groups is 1. The van der Waals surface area contributed by atoms with Crippen molar-refractivity contribution in [2.24, 2.45) is 0 Å². The third kappa shape index (κ3) is 9.02. The molecule has 5 atom stereocenters. The Labute approximate surface area is 258 Å². The molecule has 0 aliphatic carbocycles. The summed E-state index contributed by atoms with van der Waals surface area (Å²) in [6, 6.07) is 39.0. The standard InChI is InChI=1S/C36H38O6S/c1-2-43-36-34(42-35(37)30-21-13-6-14-22-30)33(40-25-29-19-11-5-12-20-29)32(39-24-28-17-9-4-10-18-28)31(41-36)26-38-23-27-15-7-3-8-16-27/h3-22,31-34,36H,2,23-26H2,1H3/t31-,32-,33+,34-,36+/m1/s1. The zero-order valence-corrected chi connectivity index (χ0v) is 25.1. The van der Waals surface area contributed by atoms with Gasteiger partial charge in [0.15, 0.2) is 6.10 Å². The number of hydrogen-bond acceptors (Lipinski definition) is 7. The van der Waals surface area contributed by atoms with E-state index in [1.807, 2.05) is 109 Å². The van der Waals surface area contributed by atoms with E-state index in [1.165, 1.54) is 0 Å². The van der Waals surface area contributed by atoms with E-state index >= 15 is 0 Å². The molecule has 0 amide bonds. The monoisotopic (exact) mass is 598 g/mol. The molecule has 0 bridgehead atoms. The fourth-order valence-corrected chi connectivity index (χ4v) is 5.94. The number of esters is 1. The zero-order valence-electron chi connectivity index (χ0n) is 24.3. The van der Waals surface area contributed by atoms with Gasteiger partial charge in [-0.3, -0.25) is 0 Å². The predicted octanol–water partition coefficient (Wildman–Crippen LogP) is 7.08. The van der Waals surface area contributed by atoms with E-state index in [0.717, 1.165) is 22.4 Å². The van der Waals surface area contributed by atoms with E-state index < -0.39 is 35.8 Å². The van der Waals surface area contributed by atoms with Crippen molar-refractivity contribution in [1.29, 1.82) is 0 Å². The van der Waals surface area contributed by atoms with Crippen LogP contribution >= 0.6 is 11.8 Å². The van der Waals surface area contributed by atoms with Gasteiger partial charge in [-0.05, 0) is 34.6 Å². The summed E-state index contributed by atoms with van der Waals surface area (Å²) in [6.45, 7) is 3.47. The minimum Gasteiger partial charge on any atom is -0.452 e. The lowest BCUT2D eigenvalue weighted by Gasteiger charge is -2.45. The maximum Gasteiger partial charge on any atom is 0.338 e. The number of ether oxygens (including phenoxy) is 5. The molecule has 0 saturated carbocycles. The van der Waals surface area contributed by atoms with Crippen molar-refractivity contribution in [1.82, 2.24) is 0 Å². The van der Waals surface area contributed by atoms with Crippen molar-refractivity contribution in [3.8, 4) is 0 Å². The Morgan fingerprint density at radius 1 is 0.651 bits per heavy atom. The molecule has 1 saturated heterocycles. The molecular formula is C36H38O6S. The Morgan fingerprint density at radius 2 is 1.14 bits per heavy atom. The smallest absolute Gasteiger partial charge is 0.338 e. The number of hydrogen-bond donors (Lipinski definition) is 0. The van der Waals surface area contributed by atoms with Gasteiger partial charge in [0.2, 0.25) is 0 Å². The van der Waals surface area contributed by atoms with Crippen molar-refractivity contribution in [2.75, 3.05) is 12.4 Å². The summed E-state index contributed by atoms with van der Waals surface area (Å²) in [7, 11) is 0. The van der Waals surface area contributed by atoms with Gasteiger partial charge >= 0.3 is 5.97 Å². The van der Waals surface area contributed by atoms with E-state index in [1.54, 1.807) is 23.9 Å². The van der Waals surface area contributed by atoms with Crippen molar-refractivity contribution in [3.05, 3.63) is 144 Å². The van der Waals surface area contributed by atoms with Gasteiger partial charge in [-0.15, -0.1) is 11.8 Å². The van der Waals surface area contributed by atoms with E-state index in [9.17, 15) is 4.79 Å². The molecule has 4 aromatic rings. The third-order valence-corrected chi connectivity index (χ3v) is 8.18. The summed E-state index contributed by atoms with van der Waals surface area (Å²) in [4.78, 5) is 13.4. The van der Waals surface area contributed by atoms with Gasteiger partial charge in [0.25, 0.3) is 0 Å². The van der Waals surface area contributed by atoms with Crippen LogP contribution in [0.1, 0.15) is 34.0 Å². The quantitative estimate of drug-likeness (QED) is 0.144. The summed E-state index contributed by atoms with van der Waals surface area (Å²) in [5.41, 5.74) is 3.11. The van der Waals surface area contributed by atoms with Crippen LogP contribution in [-0.2, 0) is 43.5 Å². The number of carbonyl (C=O) groups is 1. The molecule has 1 aliphatic heterocycles. The largest absolute Gasteiger partial charge is 0.452 e. The Kier molecular flexibility index (Phi) is 11.8. The van der Waals surface area contributed by atoms with Gasteiger partial charge in [-0.1, -0.05) is 116 Å². The highest BCUT2D eigenvalue weighted by Crippen LogP contribution is 2.35. The van der Waals surface area contributed by atoms with Crippen LogP contribution in [-0.4, -0.2) is 48.2 Å². The molecule has 1 heterocycles. The minimum absolute atomic E-state index is 0.291. The Balaban J connectivity index is 1.43. The summed E-state index contributed by atoms with van der Waals surface area (Å²) >= 11 is 1.58. The van der Waals surface area contributed by atoms with Gasteiger partial charge in [0, 0.05) is 0 Å². The fraction of sp³-hybridized carbons (Fsp3) is 0.306. The highest BCUT2D eigenvalue weighted by molar-refractivity contribution is 7.99. The lowest BCUT2D eigenvalue weighted by molar-refractivity contribution is -0.242. The average molecular weight is 599 g/mol. The molecule has 0 N–H and O–H groups in total. The second-order valence-electron chi connectivity index (χ2n) is 10.3. The molecule has 0 spiro atoms. The van der Waals surface area contributed by atoms with Crippen LogP contribution in [0.4, 0.5) is 0 Å². The molecular weight excluding hydrogens is 560 g/mol. The Morgan fingerprint density at radius 3 is 1.67 bits per heavy atom. The van der Waals surface area contributed by atoms with Crippen molar-refractivity contribution in [3.63, 3.8) is 0 Å². The number of carbonyl (C=O) groups excluding carboxylic acids is 1. The molecule has 43 heavy (non-hydrogen) atoms. The number of benzene rings is 4. The van der Waals surface area contributed by atoms with Gasteiger partial charge in [0.1, 0.15) is 23.7 Å². The normalized spacial score (nSPS) is 21.7. The Hall–Kier alpha value is -3.46. The molecule has 4 aromatic carbocycles. The molecule has 7 heteroatoms. The van der Waals surface area contributed by atoms with Crippen molar-refractivity contribution < 1.29 is 28.5 Å². The van der Waals surface area contributed by atoms with Gasteiger partial charge in [-0.25, -0.2) is 4.79 Å². The topological polar surface area (TPSA) is 63.2 Å². The highest BCUT2D eigenvalue weighted by Gasteiger charge is 2.50. The molecule has 1 aliphatic rings. The van der Waals surface area contributed by atoms with Crippen LogP contribution in [0.5, 0.6) is 0 Å². The molecule has 1 fully saturated rings. The Bertz CT molecular complexity index is 1360. The molecule has 0 aromatic heterocycles. The first-order valence-corrected chi connectivity index (χ1v) is 15.7. The summed E-state index contributed by atoms with van der Waals surface area (Å²) in [5, 5.41) is 0. The van der Waals surface area contributed by atoms with Gasteiger partial charge in [-0.2, -0.15) is 0 Å². The maximum atomic E-state index is 13.4.